The second kappa shape index (κ2) is 5.51. The maximum atomic E-state index is 11.5. The van der Waals surface area contributed by atoms with Gasteiger partial charge in [0.15, 0.2) is 0 Å². The number of hydrogen-bond donors (Lipinski definition) is 2. The molecule has 0 fully saturated rings. The van der Waals surface area contributed by atoms with Crippen LogP contribution in [0.15, 0.2) is 42.5 Å². The Bertz CT molecular complexity index is 609. The van der Waals surface area contributed by atoms with E-state index in [1.165, 1.54) is 18.2 Å². The molecule has 2 aromatic carbocycles. The van der Waals surface area contributed by atoms with Crippen LogP contribution in [0.1, 0.15) is 17.0 Å². The van der Waals surface area contributed by atoms with E-state index in [1.54, 1.807) is 24.3 Å². The summed E-state index contributed by atoms with van der Waals surface area (Å²) >= 11 is 11.8. The highest BCUT2D eigenvalue weighted by Crippen LogP contribution is 2.33. The third-order valence-corrected chi connectivity index (χ3v) is 3.32. The first-order valence-corrected chi connectivity index (χ1v) is 6.21. The summed E-state index contributed by atoms with van der Waals surface area (Å²) in [4.78, 5) is 11.5. The highest BCUT2D eigenvalue weighted by Gasteiger charge is 2.24. The summed E-state index contributed by atoms with van der Waals surface area (Å²) in [7, 11) is 0. The minimum atomic E-state index is -1.02. The fraction of sp³-hybridized carbons (Fsp3) is 0.0714. The Balaban J connectivity index is 2.51. The van der Waals surface area contributed by atoms with Crippen LogP contribution < -0.4 is 0 Å². The fourth-order valence-electron chi connectivity index (χ4n) is 1.86. The van der Waals surface area contributed by atoms with Gasteiger partial charge in [-0.2, -0.15) is 0 Å². The Kier molecular flexibility index (Phi) is 3.98. The Morgan fingerprint density at radius 1 is 1.05 bits per heavy atom. The van der Waals surface area contributed by atoms with Crippen molar-refractivity contribution in [3.63, 3.8) is 0 Å². The van der Waals surface area contributed by atoms with E-state index in [9.17, 15) is 15.0 Å². The average molecular weight is 297 g/mol. The summed E-state index contributed by atoms with van der Waals surface area (Å²) < 4.78 is 0. The first-order chi connectivity index (χ1) is 8.99. The van der Waals surface area contributed by atoms with Gasteiger partial charge in [0, 0.05) is 10.0 Å². The van der Waals surface area contributed by atoms with Gasteiger partial charge in [-0.15, -0.1) is 0 Å². The van der Waals surface area contributed by atoms with Crippen molar-refractivity contribution in [2.75, 3.05) is 0 Å². The summed E-state index contributed by atoms with van der Waals surface area (Å²) in [6.07, 6.45) is 0. The number of carbonyl (C=O) groups is 1. The standard InChI is InChI=1S/C14H10Cl2O3/c15-9-3-1-8(2-4-9)13(14(18)19)11-6-5-10(17)7-12(11)16/h1-7,13,17H,(H,18,19). The number of aliphatic carboxylic acids is 1. The summed E-state index contributed by atoms with van der Waals surface area (Å²) in [6, 6.07) is 10.8. The van der Waals surface area contributed by atoms with E-state index in [0.29, 0.717) is 16.1 Å². The molecule has 2 N–H and O–H groups in total. The largest absolute Gasteiger partial charge is 0.508 e. The average Bonchev–Trinajstić information content (AvgIpc) is 2.34. The van der Waals surface area contributed by atoms with Crippen molar-refractivity contribution in [3.8, 4) is 5.75 Å². The van der Waals surface area contributed by atoms with Crippen LogP contribution >= 0.6 is 23.2 Å². The highest BCUT2D eigenvalue weighted by molar-refractivity contribution is 6.32. The van der Waals surface area contributed by atoms with Gasteiger partial charge in [-0.05, 0) is 35.4 Å². The molecule has 3 nitrogen and oxygen atoms in total. The predicted octanol–water partition coefficient (Wildman–Crippen LogP) is 3.92. The molecule has 0 spiro atoms. The number of carboxylic acid groups (broad SMARTS) is 1. The molecule has 19 heavy (non-hydrogen) atoms. The Morgan fingerprint density at radius 2 is 1.68 bits per heavy atom. The lowest BCUT2D eigenvalue weighted by molar-refractivity contribution is -0.137. The molecular formula is C14H10Cl2O3. The first-order valence-electron chi connectivity index (χ1n) is 5.45. The maximum Gasteiger partial charge on any atom is 0.315 e. The molecule has 0 saturated heterocycles. The highest BCUT2D eigenvalue weighted by atomic mass is 35.5. The van der Waals surface area contributed by atoms with Crippen molar-refractivity contribution >= 4 is 29.2 Å². The molecule has 1 unspecified atom stereocenters. The molecule has 0 aromatic heterocycles. The van der Waals surface area contributed by atoms with Crippen LogP contribution in [0.3, 0.4) is 0 Å². The minimum absolute atomic E-state index is 0.00556. The lowest BCUT2D eigenvalue weighted by atomic mass is 9.91. The van der Waals surface area contributed by atoms with E-state index in [4.69, 9.17) is 23.2 Å². The van der Waals surface area contributed by atoms with Crippen LogP contribution in [-0.4, -0.2) is 16.2 Å². The van der Waals surface area contributed by atoms with Gasteiger partial charge in [0.05, 0.1) is 0 Å². The van der Waals surface area contributed by atoms with Crippen molar-refractivity contribution in [2.24, 2.45) is 0 Å². The SMILES string of the molecule is O=C(O)C(c1ccc(Cl)cc1)c1ccc(O)cc1Cl. The third kappa shape index (κ3) is 3.00. The van der Waals surface area contributed by atoms with Crippen LogP contribution in [0, 0.1) is 0 Å². The molecule has 0 aliphatic heterocycles. The number of aromatic hydroxyl groups is 1. The van der Waals surface area contributed by atoms with Crippen LogP contribution in [0.25, 0.3) is 0 Å². The number of phenols is 1. The quantitative estimate of drug-likeness (QED) is 0.903. The number of hydrogen-bond acceptors (Lipinski definition) is 2. The molecule has 5 heteroatoms. The van der Waals surface area contributed by atoms with Gasteiger partial charge < -0.3 is 10.2 Å². The lowest BCUT2D eigenvalue weighted by Crippen LogP contribution is -2.13. The second-order valence-corrected chi connectivity index (χ2v) is 4.87. The van der Waals surface area contributed by atoms with Crippen LogP contribution in [0.4, 0.5) is 0 Å². The van der Waals surface area contributed by atoms with E-state index in [2.05, 4.69) is 0 Å². The zero-order chi connectivity index (χ0) is 14.0. The number of rotatable bonds is 3. The van der Waals surface area contributed by atoms with Crippen LogP contribution in [0.2, 0.25) is 10.0 Å². The van der Waals surface area contributed by atoms with Gasteiger partial charge in [-0.1, -0.05) is 41.4 Å². The van der Waals surface area contributed by atoms with E-state index >= 15 is 0 Å². The summed E-state index contributed by atoms with van der Waals surface area (Å²) in [5.41, 5.74) is 0.999. The van der Waals surface area contributed by atoms with Crippen molar-refractivity contribution in [1.29, 1.82) is 0 Å². The van der Waals surface area contributed by atoms with Crippen molar-refractivity contribution < 1.29 is 15.0 Å². The van der Waals surface area contributed by atoms with Gasteiger partial charge in [0.1, 0.15) is 11.7 Å². The topological polar surface area (TPSA) is 57.5 Å². The Hall–Kier alpha value is -1.71. The van der Waals surface area contributed by atoms with Gasteiger partial charge >= 0.3 is 5.97 Å². The molecule has 0 amide bonds. The van der Waals surface area contributed by atoms with Gasteiger partial charge in [0.25, 0.3) is 0 Å². The molecule has 2 aromatic rings. The molecule has 2 rings (SSSR count). The summed E-state index contributed by atoms with van der Waals surface area (Å²) in [5, 5.41) is 19.4. The van der Waals surface area contributed by atoms with E-state index in [0.717, 1.165) is 0 Å². The Morgan fingerprint density at radius 3 is 2.21 bits per heavy atom. The predicted molar refractivity (Wildman–Crippen MR) is 74.0 cm³/mol. The van der Waals surface area contributed by atoms with Crippen molar-refractivity contribution in [3.05, 3.63) is 63.6 Å². The molecule has 0 saturated carbocycles. The molecule has 0 heterocycles. The molecule has 0 aliphatic carbocycles. The normalized spacial score (nSPS) is 12.1. The summed E-state index contributed by atoms with van der Waals surface area (Å²) in [5.74, 6) is -1.92. The number of phenolic OH excluding ortho intramolecular Hbond substituents is 1. The van der Waals surface area contributed by atoms with Crippen molar-refractivity contribution in [2.45, 2.75) is 5.92 Å². The smallest absolute Gasteiger partial charge is 0.315 e. The zero-order valence-corrected chi connectivity index (χ0v) is 11.2. The van der Waals surface area contributed by atoms with Gasteiger partial charge in [-0.25, -0.2) is 0 Å². The van der Waals surface area contributed by atoms with Crippen molar-refractivity contribution in [1.82, 2.24) is 0 Å². The van der Waals surface area contributed by atoms with E-state index in [-0.39, 0.29) is 10.8 Å². The number of halogens is 2. The lowest BCUT2D eigenvalue weighted by Gasteiger charge is -2.15. The second-order valence-electron chi connectivity index (χ2n) is 4.03. The molecule has 0 radical (unpaired) electrons. The first kappa shape index (κ1) is 13.7. The monoisotopic (exact) mass is 296 g/mol. The molecular weight excluding hydrogens is 287 g/mol. The van der Waals surface area contributed by atoms with Crippen LogP contribution in [0.5, 0.6) is 5.75 Å². The van der Waals surface area contributed by atoms with E-state index < -0.39 is 11.9 Å². The number of benzene rings is 2. The van der Waals surface area contributed by atoms with Gasteiger partial charge in [0.2, 0.25) is 0 Å². The van der Waals surface area contributed by atoms with Gasteiger partial charge in [-0.3, -0.25) is 4.79 Å². The van der Waals surface area contributed by atoms with E-state index in [1.807, 2.05) is 0 Å². The summed E-state index contributed by atoms with van der Waals surface area (Å²) in [6.45, 7) is 0. The zero-order valence-electron chi connectivity index (χ0n) is 9.68. The fourth-order valence-corrected chi connectivity index (χ4v) is 2.27. The molecule has 98 valence electrons. The maximum absolute atomic E-state index is 11.5. The minimum Gasteiger partial charge on any atom is -0.508 e. The molecule has 1 atom stereocenters. The van der Waals surface area contributed by atoms with Crippen LogP contribution in [-0.2, 0) is 4.79 Å². The third-order valence-electron chi connectivity index (χ3n) is 2.75. The number of carboxylic acids is 1. The molecule has 0 bridgehead atoms. The molecule has 0 aliphatic rings. The Labute approximate surface area is 120 Å².